The predicted molar refractivity (Wildman–Crippen MR) is 87.3 cm³/mol. The Morgan fingerprint density at radius 1 is 1.09 bits per heavy atom. The molecular formula is C18H16O5. The van der Waals surface area contributed by atoms with Gasteiger partial charge in [-0.25, -0.2) is 0 Å². The summed E-state index contributed by atoms with van der Waals surface area (Å²) < 4.78 is 9.42. The molecule has 0 fully saturated rings. The zero-order valence-corrected chi connectivity index (χ0v) is 12.6. The van der Waals surface area contributed by atoms with Gasteiger partial charge < -0.3 is 14.3 Å². The van der Waals surface area contributed by atoms with Gasteiger partial charge in [-0.05, 0) is 42.3 Å². The van der Waals surface area contributed by atoms with Gasteiger partial charge >= 0.3 is 0 Å². The molecule has 0 aliphatic carbocycles. The molecule has 2 aromatic carbocycles. The summed E-state index contributed by atoms with van der Waals surface area (Å²) >= 11 is 0. The molecule has 1 N–H and O–H groups in total. The SMILES string of the molecule is CCOC=O.O=c1ccoc2ccc(-c3ccc(O)cc3)cc12. The number of benzene rings is 2. The Kier molecular flexibility index (Phi) is 5.52. The first-order valence-corrected chi connectivity index (χ1v) is 7.02. The van der Waals surface area contributed by atoms with Gasteiger partial charge in [-0.1, -0.05) is 18.2 Å². The van der Waals surface area contributed by atoms with Crippen LogP contribution in [0.4, 0.5) is 0 Å². The highest BCUT2D eigenvalue weighted by Crippen LogP contribution is 2.24. The summed E-state index contributed by atoms with van der Waals surface area (Å²) in [6.07, 6.45) is 1.39. The maximum absolute atomic E-state index is 11.7. The molecule has 5 heteroatoms. The minimum Gasteiger partial charge on any atom is -0.508 e. The molecule has 5 nitrogen and oxygen atoms in total. The molecule has 0 bridgehead atoms. The van der Waals surface area contributed by atoms with E-state index in [4.69, 9.17) is 4.42 Å². The van der Waals surface area contributed by atoms with E-state index in [-0.39, 0.29) is 11.2 Å². The van der Waals surface area contributed by atoms with Gasteiger partial charge in [0, 0.05) is 6.07 Å². The quantitative estimate of drug-likeness (QED) is 0.751. The Bertz CT molecular complexity index is 834. The minimum absolute atomic E-state index is 0.0584. The molecule has 0 amide bonds. The molecule has 0 saturated heterocycles. The molecule has 0 atom stereocenters. The van der Waals surface area contributed by atoms with Crippen LogP contribution < -0.4 is 5.43 Å². The zero-order chi connectivity index (χ0) is 16.7. The molecule has 0 saturated carbocycles. The lowest BCUT2D eigenvalue weighted by Gasteiger charge is -2.03. The fourth-order valence-corrected chi connectivity index (χ4v) is 1.99. The summed E-state index contributed by atoms with van der Waals surface area (Å²) in [4.78, 5) is 20.9. The van der Waals surface area contributed by atoms with Crippen molar-refractivity contribution in [3.8, 4) is 16.9 Å². The van der Waals surface area contributed by atoms with E-state index in [2.05, 4.69) is 4.74 Å². The lowest BCUT2D eigenvalue weighted by molar-refractivity contribution is -0.128. The third-order valence-electron chi connectivity index (χ3n) is 3.09. The van der Waals surface area contributed by atoms with Crippen LogP contribution in [0.3, 0.4) is 0 Å². The molecule has 0 unspecified atom stereocenters. The van der Waals surface area contributed by atoms with Gasteiger partial charge in [0.25, 0.3) is 6.47 Å². The number of phenols is 1. The number of phenolic OH excluding ortho intramolecular Hbond substituents is 1. The van der Waals surface area contributed by atoms with E-state index in [0.717, 1.165) is 11.1 Å². The molecule has 0 aliphatic rings. The molecule has 0 aliphatic heterocycles. The van der Waals surface area contributed by atoms with Crippen LogP contribution in [-0.2, 0) is 9.53 Å². The average molecular weight is 312 g/mol. The van der Waals surface area contributed by atoms with Gasteiger partial charge in [0.2, 0.25) is 0 Å². The van der Waals surface area contributed by atoms with Crippen LogP contribution in [0.1, 0.15) is 6.92 Å². The van der Waals surface area contributed by atoms with E-state index < -0.39 is 0 Å². The first-order chi connectivity index (χ1) is 11.2. The Morgan fingerprint density at radius 3 is 2.39 bits per heavy atom. The number of carbonyl (C=O) groups excluding carboxylic acids is 1. The molecule has 118 valence electrons. The number of aromatic hydroxyl groups is 1. The van der Waals surface area contributed by atoms with Crippen molar-refractivity contribution in [3.63, 3.8) is 0 Å². The highest BCUT2D eigenvalue weighted by Gasteiger charge is 2.03. The van der Waals surface area contributed by atoms with Crippen molar-refractivity contribution >= 4 is 17.4 Å². The topological polar surface area (TPSA) is 76.7 Å². The number of hydrogen-bond acceptors (Lipinski definition) is 5. The van der Waals surface area contributed by atoms with Crippen LogP contribution in [0.2, 0.25) is 0 Å². The molecule has 1 heterocycles. The summed E-state index contributed by atoms with van der Waals surface area (Å²) in [7, 11) is 0. The average Bonchev–Trinajstić information content (AvgIpc) is 2.57. The number of fused-ring (bicyclic) bond motifs is 1. The van der Waals surface area contributed by atoms with E-state index in [1.165, 1.54) is 12.3 Å². The zero-order valence-electron chi connectivity index (χ0n) is 12.6. The van der Waals surface area contributed by atoms with Gasteiger partial charge in [0.15, 0.2) is 5.43 Å². The lowest BCUT2D eigenvalue weighted by Crippen LogP contribution is -1.97. The summed E-state index contributed by atoms with van der Waals surface area (Å²) in [5.41, 5.74) is 2.38. The summed E-state index contributed by atoms with van der Waals surface area (Å²) in [6.45, 7) is 2.66. The molecule has 3 rings (SSSR count). The van der Waals surface area contributed by atoms with Crippen molar-refractivity contribution in [1.29, 1.82) is 0 Å². The first-order valence-electron chi connectivity index (χ1n) is 7.02. The van der Waals surface area contributed by atoms with Crippen molar-refractivity contribution in [3.05, 3.63) is 65.0 Å². The van der Waals surface area contributed by atoms with Crippen molar-refractivity contribution in [1.82, 2.24) is 0 Å². The second-order valence-corrected chi connectivity index (χ2v) is 4.59. The molecule has 3 aromatic rings. The van der Waals surface area contributed by atoms with Gasteiger partial charge in [-0.2, -0.15) is 0 Å². The smallest absolute Gasteiger partial charge is 0.293 e. The van der Waals surface area contributed by atoms with Crippen molar-refractivity contribution in [2.24, 2.45) is 0 Å². The summed E-state index contributed by atoms with van der Waals surface area (Å²) in [6, 6.07) is 13.7. The predicted octanol–water partition coefficient (Wildman–Crippen LogP) is 3.34. The minimum atomic E-state index is -0.0584. The molecule has 0 radical (unpaired) electrons. The van der Waals surface area contributed by atoms with Gasteiger partial charge in [-0.15, -0.1) is 0 Å². The van der Waals surface area contributed by atoms with Crippen LogP contribution in [0.25, 0.3) is 22.1 Å². The third-order valence-corrected chi connectivity index (χ3v) is 3.09. The molecule has 23 heavy (non-hydrogen) atoms. The second-order valence-electron chi connectivity index (χ2n) is 4.59. The number of rotatable bonds is 3. The summed E-state index contributed by atoms with van der Waals surface area (Å²) in [5.74, 6) is 0.221. The van der Waals surface area contributed by atoms with Gasteiger partial charge in [0.1, 0.15) is 11.3 Å². The Labute approximate surface area is 132 Å². The summed E-state index contributed by atoms with van der Waals surface area (Å²) in [5, 5.41) is 9.81. The molecular weight excluding hydrogens is 296 g/mol. The lowest BCUT2D eigenvalue weighted by atomic mass is 10.0. The third kappa shape index (κ3) is 4.20. The first kappa shape index (κ1) is 16.3. The van der Waals surface area contributed by atoms with Crippen LogP contribution in [-0.4, -0.2) is 18.2 Å². The van der Waals surface area contributed by atoms with E-state index >= 15 is 0 Å². The van der Waals surface area contributed by atoms with Gasteiger partial charge in [-0.3, -0.25) is 9.59 Å². The van der Waals surface area contributed by atoms with Crippen LogP contribution in [0.5, 0.6) is 5.75 Å². The normalized spacial score (nSPS) is 9.78. The van der Waals surface area contributed by atoms with Crippen molar-refractivity contribution in [2.75, 3.05) is 6.61 Å². The number of hydrogen-bond donors (Lipinski definition) is 1. The maximum Gasteiger partial charge on any atom is 0.293 e. The maximum atomic E-state index is 11.7. The highest BCUT2D eigenvalue weighted by molar-refractivity contribution is 5.82. The Balaban J connectivity index is 0.000000338. The highest BCUT2D eigenvalue weighted by atomic mass is 16.5. The van der Waals surface area contributed by atoms with Crippen LogP contribution in [0, 0.1) is 0 Å². The van der Waals surface area contributed by atoms with Crippen LogP contribution in [0.15, 0.2) is 64.0 Å². The second kappa shape index (κ2) is 7.79. The Morgan fingerprint density at radius 2 is 1.78 bits per heavy atom. The largest absolute Gasteiger partial charge is 0.508 e. The van der Waals surface area contributed by atoms with Crippen molar-refractivity contribution in [2.45, 2.75) is 6.92 Å². The van der Waals surface area contributed by atoms with E-state index in [1.54, 1.807) is 43.3 Å². The number of carbonyl (C=O) groups is 1. The standard InChI is InChI=1S/C15H10O3.C3H6O2/c16-12-4-1-10(2-5-12)11-3-6-15-13(9-11)14(17)7-8-18-15;1-2-5-3-4/h1-9,16H;3H,2H2,1H3. The van der Waals surface area contributed by atoms with Gasteiger partial charge in [0.05, 0.1) is 18.3 Å². The van der Waals surface area contributed by atoms with Crippen LogP contribution >= 0.6 is 0 Å². The molecule has 0 spiro atoms. The fourth-order valence-electron chi connectivity index (χ4n) is 1.99. The fraction of sp³-hybridized carbons (Fsp3) is 0.111. The van der Waals surface area contributed by atoms with E-state index in [0.29, 0.717) is 24.0 Å². The monoisotopic (exact) mass is 312 g/mol. The molecule has 1 aromatic heterocycles. The van der Waals surface area contributed by atoms with Crippen molar-refractivity contribution < 1.29 is 19.1 Å². The Hall–Kier alpha value is -3.08. The van der Waals surface area contributed by atoms with E-state index in [1.807, 2.05) is 6.07 Å². The van der Waals surface area contributed by atoms with E-state index in [9.17, 15) is 14.7 Å². The number of ether oxygens (including phenoxy) is 1.